The van der Waals surface area contributed by atoms with Gasteiger partial charge in [0.25, 0.3) is 6.43 Å². The molecule has 0 aliphatic rings. The quantitative estimate of drug-likeness (QED) is 0.822. The van der Waals surface area contributed by atoms with Crippen LogP contribution in [0.25, 0.3) is 0 Å². The van der Waals surface area contributed by atoms with Gasteiger partial charge in [-0.3, -0.25) is 9.48 Å². The molecule has 84 valence electrons. The third-order valence-electron chi connectivity index (χ3n) is 1.98. The van der Waals surface area contributed by atoms with Gasteiger partial charge in [0, 0.05) is 18.7 Å². The number of hydrogen-bond donors (Lipinski definition) is 1. The summed E-state index contributed by atoms with van der Waals surface area (Å²) in [4.78, 5) is 10.2. The molecule has 1 N–H and O–H groups in total. The lowest BCUT2D eigenvalue weighted by atomic mass is 10.3. The van der Waals surface area contributed by atoms with E-state index in [0.29, 0.717) is 18.7 Å². The molecule has 0 fully saturated rings. The van der Waals surface area contributed by atoms with Crippen LogP contribution >= 0.6 is 0 Å². The molecular weight excluding hydrogens is 206 g/mol. The van der Waals surface area contributed by atoms with Crippen molar-refractivity contribution in [3.63, 3.8) is 0 Å². The minimum Gasteiger partial charge on any atom is -0.481 e. The maximum atomic E-state index is 12.2. The highest BCUT2D eigenvalue weighted by Gasteiger charge is 2.13. The molecule has 0 unspecified atom stereocenters. The molecule has 6 heteroatoms. The van der Waals surface area contributed by atoms with Crippen LogP contribution in [-0.2, 0) is 11.3 Å². The molecule has 1 aromatic heterocycles. The zero-order valence-electron chi connectivity index (χ0n) is 8.28. The van der Waals surface area contributed by atoms with Crippen LogP contribution in [-0.4, -0.2) is 20.9 Å². The van der Waals surface area contributed by atoms with Gasteiger partial charge in [-0.1, -0.05) is 0 Å². The van der Waals surface area contributed by atoms with E-state index in [9.17, 15) is 13.6 Å². The number of aromatic nitrogens is 2. The zero-order chi connectivity index (χ0) is 11.4. The maximum Gasteiger partial charge on any atom is 0.303 e. The number of halogens is 2. The Kier molecular flexibility index (Phi) is 3.76. The maximum absolute atomic E-state index is 12.2. The van der Waals surface area contributed by atoms with Crippen molar-refractivity contribution < 1.29 is 18.7 Å². The van der Waals surface area contributed by atoms with E-state index in [1.54, 1.807) is 6.92 Å². The Labute approximate surface area is 85.5 Å². The number of rotatable bonds is 5. The van der Waals surface area contributed by atoms with Crippen molar-refractivity contribution in [3.8, 4) is 0 Å². The Hall–Kier alpha value is -1.46. The van der Waals surface area contributed by atoms with E-state index >= 15 is 0 Å². The van der Waals surface area contributed by atoms with Gasteiger partial charge in [0.1, 0.15) is 5.69 Å². The Bertz CT molecular complexity index is 350. The van der Waals surface area contributed by atoms with E-state index < -0.39 is 12.4 Å². The van der Waals surface area contributed by atoms with Crippen molar-refractivity contribution in [1.29, 1.82) is 0 Å². The molecule has 0 saturated heterocycles. The molecule has 1 heterocycles. The van der Waals surface area contributed by atoms with Crippen LogP contribution in [0.1, 0.15) is 30.7 Å². The number of alkyl halides is 2. The van der Waals surface area contributed by atoms with Crippen LogP contribution in [0.15, 0.2) is 6.07 Å². The van der Waals surface area contributed by atoms with Gasteiger partial charge in [0.15, 0.2) is 0 Å². The van der Waals surface area contributed by atoms with Gasteiger partial charge in [0.05, 0.1) is 0 Å². The number of carbonyl (C=O) groups is 1. The highest BCUT2D eigenvalue weighted by molar-refractivity contribution is 5.66. The van der Waals surface area contributed by atoms with Crippen molar-refractivity contribution in [2.45, 2.75) is 32.7 Å². The molecule has 0 aliphatic heterocycles. The predicted molar refractivity (Wildman–Crippen MR) is 48.8 cm³/mol. The fourth-order valence-corrected chi connectivity index (χ4v) is 1.25. The predicted octanol–water partition coefficient (Wildman–Crippen LogP) is 1.99. The number of hydrogen-bond acceptors (Lipinski definition) is 2. The molecule has 0 radical (unpaired) electrons. The molecule has 0 saturated carbocycles. The second kappa shape index (κ2) is 4.86. The van der Waals surface area contributed by atoms with Crippen LogP contribution in [0, 0.1) is 6.92 Å². The molecule has 1 rings (SSSR count). The lowest BCUT2D eigenvalue weighted by Crippen LogP contribution is -2.05. The van der Waals surface area contributed by atoms with Crippen molar-refractivity contribution in [2.24, 2.45) is 0 Å². The smallest absolute Gasteiger partial charge is 0.303 e. The van der Waals surface area contributed by atoms with Gasteiger partial charge in [-0.15, -0.1) is 0 Å². The highest BCUT2D eigenvalue weighted by atomic mass is 19.3. The zero-order valence-corrected chi connectivity index (χ0v) is 8.28. The number of nitrogens with zero attached hydrogens (tertiary/aromatic N) is 2. The van der Waals surface area contributed by atoms with Crippen LogP contribution in [0.3, 0.4) is 0 Å². The minimum atomic E-state index is -2.58. The van der Waals surface area contributed by atoms with Gasteiger partial charge in [0.2, 0.25) is 0 Å². The van der Waals surface area contributed by atoms with E-state index in [-0.39, 0.29) is 12.1 Å². The Morgan fingerprint density at radius 2 is 2.33 bits per heavy atom. The largest absolute Gasteiger partial charge is 0.481 e. The van der Waals surface area contributed by atoms with Gasteiger partial charge in [-0.05, 0) is 19.4 Å². The summed E-state index contributed by atoms with van der Waals surface area (Å²) < 4.78 is 25.9. The van der Waals surface area contributed by atoms with Crippen molar-refractivity contribution in [3.05, 3.63) is 17.5 Å². The van der Waals surface area contributed by atoms with Crippen LogP contribution in [0.4, 0.5) is 8.78 Å². The van der Waals surface area contributed by atoms with Crippen LogP contribution < -0.4 is 0 Å². The van der Waals surface area contributed by atoms with E-state index in [0.717, 1.165) is 0 Å². The third kappa shape index (κ3) is 3.30. The molecule has 0 aliphatic carbocycles. The first-order chi connectivity index (χ1) is 7.00. The van der Waals surface area contributed by atoms with Crippen molar-refractivity contribution in [1.82, 2.24) is 9.78 Å². The summed E-state index contributed by atoms with van der Waals surface area (Å²) in [5.41, 5.74) is 0.360. The summed E-state index contributed by atoms with van der Waals surface area (Å²) in [6, 6.07) is 1.31. The SMILES string of the molecule is Cc1cc(C(F)F)nn1CCCC(=O)O. The van der Waals surface area contributed by atoms with Crippen molar-refractivity contribution in [2.75, 3.05) is 0 Å². The van der Waals surface area contributed by atoms with Gasteiger partial charge in [-0.25, -0.2) is 8.78 Å². The molecule has 4 nitrogen and oxygen atoms in total. The minimum absolute atomic E-state index is 0.0172. The summed E-state index contributed by atoms with van der Waals surface area (Å²) in [5, 5.41) is 12.1. The summed E-state index contributed by atoms with van der Waals surface area (Å²) >= 11 is 0. The average Bonchev–Trinajstić information content (AvgIpc) is 2.47. The van der Waals surface area contributed by atoms with Gasteiger partial charge < -0.3 is 5.11 Å². The van der Waals surface area contributed by atoms with E-state index in [4.69, 9.17) is 5.11 Å². The third-order valence-corrected chi connectivity index (χ3v) is 1.98. The van der Waals surface area contributed by atoms with Gasteiger partial charge >= 0.3 is 5.97 Å². The second-order valence-corrected chi connectivity index (χ2v) is 3.23. The molecule has 1 aromatic rings. The Morgan fingerprint density at radius 3 is 2.80 bits per heavy atom. The van der Waals surface area contributed by atoms with Crippen molar-refractivity contribution >= 4 is 5.97 Å². The summed E-state index contributed by atoms with van der Waals surface area (Å²) in [6.07, 6.45) is -2.17. The lowest BCUT2D eigenvalue weighted by molar-refractivity contribution is -0.137. The molecule has 0 bridgehead atoms. The molecule has 0 atom stereocenters. The lowest BCUT2D eigenvalue weighted by Gasteiger charge is -2.01. The molecule has 0 spiro atoms. The number of carboxylic acid groups (broad SMARTS) is 1. The van der Waals surface area contributed by atoms with Gasteiger partial charge in [-0.2, -0.15) is 5.10 Å². The Balaban J connectivity index is 2.57. The van der Waals surface area contributed by atoms with E-state index in [1.165, 1.54) is 10.7 Å². The highest BCUT2D eigenvalue weighted by Crippen LogP contribution is 2.18. The number of aryl methyl sites for hydroxylation is 2. The number of carboxylic acids is 1. The monoisotopic (exact) mass is 218 g/mol. The molecule has 0 amide bonds. The summed E-state index contributed by atoms with van der Waals surface area (Å²) in [6.45, 7) is 2.02. The Morgan fingerprint density at radius 1 is 1.67 bits per heavy atom. The molecular formula is C9H12F2N2O2. The molecule has 0 aromatic carbocycles. The van der Waals surface area contributed by atoms with E-state index in [1.807, 2.05) is 0 Å². The van der Waals surface area contributed by atoms with E-state index in [2.05, 4.69) is 5.10 Å². The first-order valence-electron chi connectivity index (χ1n) is 4.55. The summed E-state index contributed by atoms with van der Waals surface area (Å²) in [7, 11) is 0. The number of aliphatic carboxylic acids is 1. The summed E-state index contributed by atoms with van der Waals surface area (Å²) in [5.74, 6) is -0.895. The average molecular weight is 218 g/mol. The first kappa shape index (κ1) is 11.6. The second-order valence-electron chi connectivity index (χ2n) is 3.23. The first-order valence-corrected chi connectivity index (χ1v) is 4.55. The normalized spacial score (nSPS) is 10.9. The topological polar surface area (TPSA) is 55.1 Å². The fourth-order valence-electron chi connectivity index (χ4n) is 1.25. The molecule has 15 heavy (non-hydrogen) atoms. The van der Waals surface area contributed by atoms with Crippen LogP contribution in [0.2, 0.25) is 0 Å². The van der Waals surface area contributed by atoms with Crippen LogP contribution in [0.5, 0.6) is 0 Å². The fraction of sp³-hybridized carbons (Fsp3) is 0.556. The standard InChI is InChI=1S/C9H12F2N2O2/c1-6-5-7(9(10)11)12-13(6)4-2-3-8(14)15/h5,9H,2-4H2,1H3,(H,14,15).